The van der Waals surface area contributed by atoms with E-state index in [1.165, 1.54) is 69.4 Å². The van der Waals surface area contributed by atoms with Crippen LogP contribution in [0.4, 0.5) is 5.69 Å². The minimum atomic E-state index is 0.656. The summed E-state index contributed by atoms with van der Waals surface area (Å²) in [5, 5.41) is 3.69. The second-order valence-corrected chi connectivity index (χ2v) is 6.01. The average Bonchev–Trinajstić information content (AvgIpc) is 2.50. The number of piperidine rings is 1. The summed E-state index contributed by atoms with van der Waals surface area (Å²) in [5.41, 5.74) is 2.77. The van der Waals surface area contributed by atoms with E-state index in [0.29, 0.717) is 6.04 Å². The molecule has 2 heteroatoms. The van der Waals surface area contributed by atoms with Gasteiger partial charge in [0.2, 0.25) is 0 Å². The fourth-order valence-electron chi connectivity index (χ4n) is 2.98. The van der Waals surface area contributed by atoms with E-state index >= 15 is 0 Å². The number of nitrogens with zero attached hydrogens (tertiary/aromatic N) is 1. The summed E-state index contributed by atoms with van der Waals surface area (Å²) in [7, 11) is 0. The van der Waals surface area contributed by atoms with Crippen molar-refractivity contribution in [3.8, 4) is 0 Å². The Labute approximate surface area is 124 Å². The monoisotopic (exact) mass is 274 g/mol. The molecule has 0 amide bonds. The average molecular weight is 274 g/mol. The molecule has 0 unspecified atom stereocenters. The van der Waals surface area contributed by atoms with Gasteiger partial charge in [-0.15, -0.1) is 0 Å². The van der Waals surface area contributed by atoms with Crippen LogP contribution < -0.4 is 5.32 Å². The molecule has 0 radical (unpaired) electrons. The van der Waals surface area contributed by atoms with Crippen molar-refractivity contribution in [2.24, 2.45) is 0 Å². The van der Waals surface area contributed by atoms with Gasteiger partial charge in [0.15, 0.2) is 0 Å². The van der Waals surface area contributed by atoms with Crippen molar-refractivity contribution in [2.45, 2.75) is 58.4 Å². The molecule has 1 fully saturated rings. The highest BCUT2D eigenvalue weighted by molar-refractivity contribution is 5.45. The summed E-state index contributed by atoms with van der Waals surface area (Å²) in [6.45, 7) is 8.19. The standard InChI is InChI=1S/C18H30N2/c1-3-5-6-7-16-8-10-17(11-9-16)19-18-12-14-20(4-2)15-13-18/h8-11,18-19H,3-7,12-15H2,1-2H3. The topological polar surface area (TPSA) is 15.3 Å². The molecule has 2 nitrogen and oxygen atoms in total. The smallest absolute Gasteiger partial charge is 0.0342 e. The van der Waals surface area contributed by atoms with Gasteiger partial charge >= 0.3 is 0 Å². The summed E-state index contributed by atoms with van der Waals surface area (Å²) < 4.78 is 0. The molecule has 0 aliphatic carbocycles. The number of nitrogens with one attached hydrogen (secondary N) is 1. The van der Waals surface area contributed by atoms with Crippen molar-refractivity contribution in [3.05, 3.63) is 29.8 Å². The van der Waals surface area contributed by atoms with Gasteiger partial charge in [-0.1, -0.05) is 38.8 Å². The molecule has 1 heterocycles. The fraction of sp³-hybridized carbons (Fsp3) is 0.667. The summed E-state index contributed by atoms with van der Waals surface area (Å²) in [5.74, 6) is 0. The maximum absolute atomic E-state index is 3.69. The summed E-state index contributed by atoms with van der Waals surface area (Å²) >= 11 is 0. The van der Waals surface area contributed by atoms with Gasteiger partial charge in [-0.3, -0.25) is 0 Å². The Morgan fingerprint density at radius 3 is 2.35 bits per heavy atom. The van der Waals surface area contributed by atoms with Crippen molar-refractivity contribution >= 4 is 5.69 Å². The van der Waals surface area contributed by atoms with Crippen LogP contribution in [-0.2, 0) is 6.42 Å². The van der Waals surface area contributed by atoms with Crippen LogP contribution in [0, 0.1) is 0 Å². The van der Waals surface area contributed by atoms with E-state index in [0.717, 1.165) is 0 Å². The molecule has 1 aromatic rings. The lowest BCUT2D eigenvalue weighted by Crippen LogP contribution is -2.38. The molecule has 112 valence electrons. The molecular weight excluding hydrogens is 244 g/mol. The fourth-order valence-corrected chi connectivity index (χ4v) is 2.98. The van der Waals surface area contributed by atoms with Crippen molar-refractivity contribution < 1.29 is 0 Å². The third kappa shape index (κ3) is 4.82. The van der Waals surface area contributed by atoms with Gasteiger partial charge in [-0.2, -0.15) is 0 Å². The van der Waals surface area contributed by atoms with Crippen molar-refractivity contribution in [1.29, 1.82) is 0 Å². The van der Waals surface area contributed by atoms with Gasteiger partial charge in [0, 0.05) is 24.8 Å². The number of rotatable bonds is 7. The van der Waals surface area contributed by atoms with Crippen molar-refractivity contribution in [1.82, 2.24) is 4.90 Å². The summed E-state index contributed by atoms with van der Waals surface area (Å²) in [6.07, 6.45) is 7.73. The van der Waals surface area contributed by atoms with E-state index < -0.39 is 0 Å². The van der Waals surface area contributed by atoms with Crippen LogP contribution in [-0.4, -0.2) is 30.6 Å². The highest BCUT2D eigenvalue weighted by atomic mass is 15.1. The predicted octanol–water partition coefficient (Wildman–Crippen LogP) is 4.32. The van der Waals surface area contributed by atoms with Gasteiger partial charge in [0.1, 0.15) is 0 Å². The maximum atomic E-state index is 3.69. The zero-order valence-corrected chi connectivity index (χ0v) is 13.2. The summed E-state index contributed by atoms with van der Waals surface area (Å²) in [6, 6.07) is 9.75. The second-order valence-electron chi connectivity index (χ2n) is 6.01. The molecule has 0 spiro atoms. The first-order valence-electron chi connectivity index (χ1n) is 8.39. The molecule has 0 bridgehead atoms. The molecule has 0 saturated carbocycles. The highest BCUT2D eigenvalue weighted by Crippen LogP contribution is 2.18. The van der Waals surface area contributed by atoms with Crippen LogP contribution in [0.3, 0.4) is 0 Å². The van der Waals surface area contributed by atoms with E-state index in [9.17, 15) is 0 Å². The molecule has 20 heavy (non-hydrogen) atoms. The van der Waals surface area contributed by atoms with Crippen LogP contribution in [0.25, 0.3) is 0 Å². The Morgan fingerprint density at radius 2 is 1.75 bits per heavy atom. The van der Waals surface area contributed by atoms with Gasteiger partial charge in [-0.05, 0) is 49.9 Å². The first-order valence-corrected chi connectivity index (χ1v) is 8.39. The molecular formula is C18H30N2. The number of likely N-dealkylation sites (tertiary alicyclic amines) is 1. The van der Waals surface area contributed by atoms with Crippen molar-refractivity contribution in [2.75, 3.05) is 25.0 Å². The minimum Gasteiger partial charge on any atom is -0.382 e. The quantitative estimate of drug-likeness (QED) is 0.745. The van der Waals surface area contributed by atoms with Gasteiger partial charge < -0.3 is 10.2 Å². The highest BCUT2D eigenvalue weighted by Gasteiger charge is 2.17. The van der Waals surface area contributed by atoms with Gasteiger partial charge in [0.05, 0.1) is 0 Å². The number of hydrogen-bond donors (Lipinski definition) is 1. The number of benzene rings is 1. The third-order valence-corrected chi connectivity index (χ3v) is 4.43. The lowest BCUT2D eigenvalue weighted by molar-refractivity contribution is 0.229. The first-order chi connectivity index (χ1) is 9.81. The Hall–Kier alpha value is -1.02. The number of aryl methyl sites for hydroxylation is 1. The molecule has 1 aliphatic rings. The summed E-state index contributed by atoms with van der Waals surface area (Å²) in [4.78, 5) is 2.54. The van der Waals surface area contributed by atoms with Crippen LogP contribution in [0.1, 0.15) is 51.5 Å². The zero-order valence-electron chi connectivity index (χ0n) is 13.2. The molecule has 1 saturated heterocycles. The van der Waals surface area contributed by atoms with Crippen LogP contribution in [0.5, 0.6) is 0 Å². The number of unbranched alkanes of at least 4 members (excludes halogenated alkanes) is 2. The molecule has 2 rings (SSSR count). The third-order valence-electron chi connectivity index (χ3n) is 4.43. The van der Waals surface area contributed by atoms with Crippen molar-refractivity contribution in [3.63, 3.8) is 0 Å². The first kappa shape index (κ1) is 15.4. The van der Waals surface area contributed by atoms with Gasteiger partial charge in [0.25, 0.3) is 0 Å². The maximum Gasteiger partial charge on any atom is 0.0342 e. The molecule has 1 N–H and O–H groups in total. The normalized spacial score (nSPS) is 17.3. The Kier molecular flexibility index (Phi) is 6.38. The lowest BCUT2D eigenvalue weighted by atomic mass is 10.0. The van der Waals surface area contributed by atoms with Crippen LogP contribution >= 0.6 is 0 Å². The number of hydrogen-bond acceptors (Lipinski definition) is 2. The van der Waals surface area contributed by atoms with Gasteiger partial charge in [-0.25, -0.2) is 0 Å². The largest absolute Gasteiger partial charge is 0.382 e. The second kappa shape index (κ2) is 8.31. The van der Waals surface area contributed by atoms with Crippen LogP contribution in [0.2, 0.25) is 0 Å². The molecule has 1 aliphatic heterocycles. The predicted molar refractivity (Wildman–Crippen MR) is 88.4 cm³/mol. The van der Waals surface area contributed by atoms with E-state index in [1.807, 2.05) is 0 Å². The van der Waals surface area contributed by atoms with E-state index in [-0.39, 0.29) is 0 Å². The number of anilines is 1. The Morgan fingerprint density at radius 1 is 1.05 bits per heavy atom. The van der Waals surface area contributed by atoms with E-state index in [2.05, 4.69) is 48.3 Å². The zero-order chi connectivity index (χ0) is 14.2. The van der Waals surface area contributed by atoms with Crippen LogP contribution in [0.15, 0.2) is 24.3 Å². The molecule has 0 atom stereocenters. The van der Waals surface area contributed by atoms with E-state index in [1.54, 1.807) is 0 Å². The Bertz CT molecular complexity index is 364. The Balaban J connectivity index is 1.76. The molecule has 1 aromatic carbocycles. The minimum absolute atomic E-state index is 0.656. The SMILES string of the molecule is CCCCCc1ccc(NC2CCN(CC)CC2)cc1. The molecule has 0 aromatic heterocycles. The lowest BCUT2D eigenvalue weighted by Gasteiger charge is -2.32. The van der Waals surface area contributed by atoms with E-state index in [4.69, 9.17) is 0 Å².